The van der Waals surface area contributed by atoms with Gasteiger partial charge in [0.15, 0.2) is 0 Å². The summed E-state index contributed by atoms with van der Waals surface area (Å²) in [4.78, 5) is 10.8. The Kier molecular flexibility index (Phi) is 2.88. The van der Waals surface area contributed by atoms with E-state index < -0.39 is 0 Å². The second kappa shape index (κ2) is 4.21. The van der Waals surface area contributed by atoms with Gasteiger partial charge in [-0.25, -0.2) is 0 Å². The van der Waals surface area contributed by atoms with E-state index in [1.807, 2.05) is 0 Å². The van der Waals surface area contributed by atoms with Crippen molar-refractivity contribution >= 4 is 5.69 Å². The molecule has 0 amide bonds. The molecular weight excluding hydrogens is 266 g/mol. The van der Waals surface area contributed by atoms with Crippen molar-refractivity contribution in [1.29, 1.82) is 0 Å². The number of phenols is 1. The molecule has 4 heteroatoms. The van der Waals surface area contributed by atoms with Crippen LogP contribution in [0, 0.1) is 33.8 Å². The van der Waals surface area contributed by atoms with E-state index in [0.717, 1.165) is 18.4 Å². The van der Waals surface area contributed by atoms with Gasteiger partial charge in [-0.3, -0.25) is 10.1 Å². The number of fused-ring (bicyclic) bond motifs is 2. The van der Waals surface area contributed by atoms with Crippen molar-refractivity contribution in [3.63, 3.8) is 0 Å². The Bertz CT molecular complexity index is 623. The minimum atomic E-state index is -0.348. The molecule has 2 saturated carbocycles. The lowest BCUT2D eigenvalue weighted by Gasteiger charge is -2.39. The quantitative estimate of drug-likeness (QED) is 0.642. The Morgan fingerprint density at radius 2 is 2.00 bits per heavy atom. The number of aryl methyl sites for hydroxylation is 1. The van der Waals surface area contributed by atoms with Gasteiger partial charge in [0.1, 0.15) is 5.75 Å². The van der Waals surface area contributed by atoms with Crippen LogP contribution in [0.1, 0.15) is 57.1 Å². The Morgan fingerprint density at radius 1 is 1.33 bits per heavy atom. The zero-order valence-electron chi connectivity index (χ0n) is 13.1. The number of benzene rings is 1. The zero-order chi connectivity index (χ0) is 15.6. The SMILES string of the molecule is Cc1cc(O)c(C2CC3CCC2(C)C3(C)C)cc1[N+](=O)[O-]. The molecule has 2 aliphatic carbocycles. The summed E-state index contributed by atoms with van der Waals surface area (Å²) in [7, 11) is 0. The van der Waals surface area contributed by atoms with Crippen molar-refractivity contribution in [1.82, 2.24) is 0 Å². The molecule has 2 bridgehead atoms. The number of hydrogen-bond acceptors (Lipinski definition) is 3. The average molecular weight is 289 g/mol. The second-order valence-electron chi connectivity index (χ2n) is 7.62. The lowest BCUT2D eigenvalue weighted by Crippen LogP contribution is -2.31. The molecule has 3 atom stereocenters. The molecular formula is C17H23NO3. The normalized spacial score (nSPS) is 33.3. The molecule has 0 radical (unpaired) electrons. The Balaban J connectivity index is 2.11. The van der Waals surface area contributed by atoms with Gasteiger partial charge in [0.05, 0.1) is 4.92 Å². The topological polar surface area (TPSA) is 63.4 Å². The van der Waals surface area contributed by atoms with Gasteiger partial charge in [-0.1, -0.05) is 20.8 Å². The van der Waals surface area contributed by atoms with E-state index >= 15 is 0 Å². The first-order valence-electron chi connectivity index (χ1n) is 7.66. The first-order chi connectivity index (χ1) is 9.68. The highest BCUT2D eigenvalue weighted by atomic mass is 16.6. The van der Waals surface area contributed by atoms with E-state index in [0.29, 0.717) is 11.5 Å². The monoisotopic (exact) mass is 289 g/mol. The molecule has 0 saturated heterocycles. The predicted molar refractivity (Wildman–Crippen MR) is 81.5 cm³/mol. The highest BCUT2D eigenvalue weighted by Gasteiger charge is 2.61. The molecule has 4 nitrogen and oxygen atoms in total. The largest absolute Gasteiger partial charge is 0.508 e. The summed E-state index contributed by atoms with van der Waals surface area (Å²) >= 11 is 0. The van der Waals surface area contributed by atoms with Crippen LogP contribution in [0.3, 0.4) is 0 Å². The minimum absolute atomic E-state index is 0.109. The number of hydrogen-bond donors (Lipinski definition) is 1. The van der Waals surface area contributed by atoms with Crippen LogP contribution >= 0.6 is 0 Å². The fourth-order valence-corrected chi connectivity index (χ4v) is 4.85. The number of phenolic OH excluding ortho intramolecular Hbond substituents is 1. The van der Waals surface area contributed by atoms with Crippen LogP contribution in [0.15, 0.2) is 12.1 Å². The summed E-state index contributed by atoms with van der Waals surface area (Å²) in [6.07, 6.45) is 3.39. The van der Waals surface area contributed by atoms with Crippen LogP contribution in [-0.4, -0.2) is 10.0 Å². The maximum atomic E-state index is 11.2. The number of nitro groups is 1. The third kappa shape index (κ3) is 1.74. The van der Waals surface area contributed by atoms with Gasteiger partial charge in [-0.05, 0) is 54.9 Å². The van der Waals surface area contributed by atoms with Gasteiger partial charge >= 0.3 is 0 Å². The standard InChI is InChI=1S/C17H23NO3/c1-10-7-15(19)12(9-14(10)18(20)21)13-8-11-5-6-17(13,4)16(11,2)3/h7,9,11,13,19H,5-6,8H2,1-4H3. The summed E-state index contributed by atoms with van der Waals surface area (Å²) in [6, 6.07) is 3.16. The van der Waals surface area contributed by atoms with E-state index in [9.17, 15) is 15.2 Å². The highest BCUT2D eigenvalue weighted by Crippen LogP contribution is 2.71. The molecule has 21 heavy (non-hydrogen) atoms. The van der Waals surface area contributed by atoms with Gasteiger partial charge in [-0.15, -0.1) is 0 Å². The molecule has 0 heterocycles. The fraction of sp³-hybridized carbons (Fsp3) is 0.647. The molecule has 1 aromatic rings. The summed E-state index contributed by atoms with van der Waals surface area (Å²) < 4.78 is 0. The van der Waals surface area contributed by atoms with Gasteiger partial charge in [0.25, 0.3) is 5.69 Å². The molecule has 2 aliphatic rings. The molecule has 3 rings (SSSR count). The molecule has 2 fully saturated rings. The van der Waals surface area contributed by atoms with Gasteiger partial charge in [0.2, 0.25) is 0 Å². The third-order valence-electron chi connectivity index (χ3n) is 6.71. The number of nitro benzene ring substituents is 1. The van der Waals surface area contributed by atoms with Crippen LogP contribution < -0.4 is 0 Å². The summed E-state index contributed by atoms with van der Waals surface area (Å²) in [5.74, 6) is 1.07. The van der Waals surface area contributed by atoms with Gasteiger partial charge < -0.3 is 5.11 Å². The fourth-order valence-electron chi connectivity index (χ4n) is 4.85. The van der Waals surface area contributed by atoms with E-state index in [1.54, 1.807) is 19.1 Å². The first kappa shape index (κ1) is 14.4. The van der Waals surface area contributed by atoms with E-state index in [2.05, 4.69) is 20.8 Å². The third-order valence-corrected chi connectivity index (χ3v) is 6.71. The molecule has 3 unspecified atom stereocenters. The maximum Gasteiger partial charge on any atom is 0.272 e. The van der Waals surface area contributed by atoms with Crippen LogP contribution in [0.2, 0.25) is 0 Å². The lowest BCUT2D eigenvalue weighted by molar-refractivity contribution is -0.385. The van der Waals surface area contributed by atoms with Crippen molar-refractivity contribution in [2.75, 3.05) is 0 Å². The van der Waals surface area contributed by atoms with Crippen molar-refractivity contribution in [3.8, 4) is 5.75 Å². The Morgan fingerprint density at radius 3 is 2.48 bits per heavy atom. The lowest BCUT2D eigenvalue weighted by atomic mass is 9.65. The van der Waals surface area contributed by atoms with Gasteiger partial charge in [-0.2, -0.15) is 0 Å². The van der Waals surface area contributed by atoms with Crippen LogP contribution in [-0.2, 0) is 0 Å². The summed E-state index contributed by atoms with van der Waals surface area (Å²) in [6.45, 7) is 8.58. The molecule has 114 valence electrons. The summed E-state index contributed by atoms with van der Waals surface area (Å²) in [5.41, 5.74) is 1.74. The molecule has 1 N–H and O–H groups in total. The number of nitrogens with zero attached hydrogens (tertiary/aromatic N) is 1. The van der Waals surface area contributed by atoms with Crippen molar-refractivity contribution < 1.29 is 10.0 Å². The molecule has 0 aromatic heterocycles. The second-order valence-corrected chi connectivity index (χ2v) is 7.62. The molecule has 0 spiro atoms. The first-order valence-corrected chi connectivity index (χ1v) is 7.66. The van der Waals surface area contributed by atoms with Crippen LogP contribution in [0.4, 0.5) is 5.69 Å². The smallest absolute Gasteiger partial charge is 0.272 e. The zero-order valence-corrected chi connectivity index (χ0v) is 13.1. The summed E-state index contributed by atoms with van der Waals surface area (Å²) in [5, 5.41) is 21.5. The highest BCUT2D eigenvalue weighted by molar-refractivity contribution is 5.52. The van der Waals surface area contributed by atoms with Crippen molar-refractivity contribution in [2.45, 2.75) is 52.9 Å². The maximum absolute atomic E-state index is 11.2. The van der Waals surface area contributed by atoms with Crippen LogP contribution in [0.5, 0.6) is 5.75 Å². The van der Waals surface area contributed by atoms with Crippen LogP contribution in [0.25, 0.3) is 0 Å². The van der Waals surface area contributed by atoms with E-state index in [1.165, 1.54) is 6.42 Å². The molecule has 0 aliphatic heterocycles. The van der Waals surface area contributed by atoms with Crippen molar-refractivity contribution in [2.24, 2.45) is 16.7 Å². The predicted octanol–water partition coefficient (Wildman–Crippen LogP) is 4.54. The van der Waals surface area contributed by atoms with Crippen molar-refractivity contribution in [3.05, 3.63) is 33.4 Å². The van der Waals surface area contributed by atoms with E-state index in [4.69, 9.17) is 0 Å². The Labute approximate surface area is 125 Å². The Hall–Kier alpha value is -1.58. The minimum Gasteiger partial charge on any atom is -0.508 e. The van der Waals surface area contributed by atoms with E-state index in [-0.39, 0.29) is 33.1 Å². The number of rotatable bonds is 2. The molecule has 1 aromatic carbocycles. The average Bonchev–Trinajstić information content (AvgIpc) is 2.71. The number of aromatic hydroxyl groups is 1. The van der Waals surface area contributed by atoms with Gasteiger partial charge in [0, 0.05) is 17.2 Å².